The van der Waals surface area contributed by atoms with Crippen LogP contribution in [0.2, 0.25) is 0 Å². The molecule has 0 bridgehead atoms. The van der Waals surface area contributed by atoms with Crippen molar-refractivity contribution in [2.45, 2.75) is 0 Å². The van der Waals surface area contributed by atoms with E-state index in [-0.39, 0.29) is 51.4 Å². The molecule has 0 spiro atoms. The summed E-state index contributed by atoms with van der Waals surface area (Å²) in [4.78, 5) is 11.8. The molecule has 77 valence electrons. The van der Waals surface area contributed by atoms with Crippen LogP contribution in [0.15, 0.2) is 48.5 Å². The van der Waals surface area contributed by atoms with Gasteiger partial charge in [0.25, 0.3) is 0 Å². The molecule has 1 aliphatic rings. The average molecular weight is 247 g/mol. The Bertz CT molecular complexity index is 578. The Morgan fingerprint density at radius 1 is 0.706 bits per heavy atom. The minimum Gasteiger partial charge on any atom is -0.840 e. The molecule has 2 aromatic rings. The SMILES string of the molecule is O=C1[C]([O-])c2ccccc2-c2ccccc21.[K+]. The molecule has 3 rings (SSSR count). The maximum Gasteiger partial charge on any atom is 1.00 e. The first-order valence-electron chi connectivity index (χ1n) is 5.06. The van der Waals surface area contributed by atoms with E-state index in [1.165, 1.54) is 0 Å². The minimum atomic E-state index is -0.408. The van der Waals surface area contributed by atoms with Gasteiger partial charge in [0.15, 0.2) is 5.78 Å². The van der Waals surface area contributed by atoms with E-state index in [0.717, 1.165) is 11.1 Å². The van der Waals surface area contributed by atoms with Crippen molar-refractivity contribution >= 4 is 5.78 Å². The van der Waals surface area contributed by atoms with Crippen molar-refractivity contribution in [2.24, 2.45) is 0 Å². The molecule has 0 N–H and O–H groups in total. The smallest absolute Gasteiger partial charge is 0.840 e. The fourth-order valence-electron chi connectivity index (χ4n) is 2.08. The van der Waals surface area contributed by atoms with Crippen LogP contribution in [0.1, 0.15) is 15.9 Å². The van der Waals surface area contributed by atoms with Crippen LogP contribution < -0.4 is 56.5 Å². The first kappa shape index (κ1) is 13.1. The van der Waals surface area contributed by atoms with E-state index >= 15 is 0 Å². The molecule has 0 saturated heterocycles. The third kappa shape index (κ3) is 2.08. The Kier molecular flexibility index (Phi) is 3.97. The third-order valence-electron chi connectivity index (χ3n) is 2.84. The predicted molar refractivity (Wildman–Crippen MR) is 58.6 cm³/mol. The van der Waals surface area contributed by atoms with Crippen molar-refractivity contribution in [1.82, 2.24) is 0 Å². The molecule has 17 heavy (non-hydrogen) atoms. The second-order valence-electron chi connectivity index (χ2n) is 3.75. The second kappa shape index (κ2) is 5.14. The van der Waals surface area contributed by atoms with Crippen molar-refractivity contribution < 1.29 is 61.3 Å². The predicted octanol–water partition coefficient (Wildman–Crippen LogP) is -1.21. The van der Waals surface area contributed by atoms with Crippen molar-refractivity contribution in [1.29, 1.82) is 0 Å². The molecule has 0 saturated carbocycles. The summed E-state index contributed by atoms with van der Waals surface area (Å²) in [5, 5.41) is 11.8. The van der Waals surface area contributed by atoms with E-state index in [4.69, 9.17) is 0 Å². The molecule has 2 aromatic carbocycles. The number of carbonyl (C=O) groups is 1. The zero-order valence-electron chi connectivity index (χ0n) is 9.44. The summed E-state index contributed by atoms with van der Waals surface area (Å²) in [6, 6.07) is 14.4. The van der Waals surface area contributed by atoms with Crippen LogP contribution >= 0.6 is 0 Å². The number of Topliss-reactive ketones (excluding diaryl/α,β-unsaturated/α-hetero) is 1. The molecule has 1 aliphatic carbocycles. The van der Waals surface area contributed by atoms with E-state index in [2.05, 4.69) is 0 Å². The van der Waals surface area contributed by atoms with Gasteiger partial charge in [-0.15, -0.1) is 0 Å². The largest absolute Gasteiger partial charge is 1.00 e. The number of hydrogen-bond donors (Lipinski definition) is 0. The van der Waals surface area contributed by atoms with Crippen LogP contribution in [-0.2, 0) is 0 Å². The quantitative estimate of drug-likeness (QED) is 0.548. The second-order valence-corrected chi connectivity index (χ2v) is 3.75. The Labute approximate surface area is 142 Å². The van der Waals surface area contributed by atoms with Crippen LogP contribution in [0.5, 0.6) is 0 Å². The standard InChI is InChI=1S/C14H8O2.K/c15-13-11-7-3-1-5-9(11)10-6-2-4-8-12(10)14(13)16;/h1-8H;/q-1;+1. The van der Waals surface area contributed by atoms with Crippen LogP contribution in [-0.4, -0.2) is 5.78 Å². The van der Waals surface area contributed by atoms with Crippen LogP contribution in [0, 0.1) is 6.10 Å². The number of ketones is 1. The molecule has 2 nitrogen and oxygen atoms in total. The number of benzene rings is 2. The van der Waals surface area contributed by atoms with E-state index < -0.39 is 11.9 Å². The van der Waals surface area contributed by atoms with Gasteiger partial charge >= 0.3 is 51.4 Å². The number of carbonyl (C=O) groups excluding carboxylic acids is 1. The van der Waals surface area contributed by atoms with Crippen LogP contribution in [0.25, 0.3) is 11.1 Å². The minimum absolute atomic E-state index is 0. The van der Waals surface area contributed by atoms with Gasteiger partial charge < -0.3 is 5.11 Å². The zero-order valence-corrected chi connectivity index (χ0v) is 12.6. The molecule has 0 unspecified atom stereocenters. The van der Waals surface area contributed by atoms with Gasteiger partial charge in [-0.1, -0.05) is 48.5 Å². The molecule has 1 radical (unpaired) electrons. The summed E-state index contributed by atoms with van der Waals surface area (Å²) in [5.41, 5.74) is 2.71. The third-order valence-corrected chi connectivity index (χ3v) is 2.84. The number of rotatable bonds is 0. The molecule has 0 fully saturated rings. The normalized spacial score (nSPS) is 13.6. The van der Waals surface area contributed by atoms with Gasteiger partial charge in [-0.05, 0) is 22.8 Å². The van der Waals surface area contributed by atoms with Crippen molar-refractivity contribution in [3.8, 4) is 11.1 Å². The first-order valence-corrected chi connectivity index (χ1v) is 5.06. The molecule has 0 atom stereocenters. The van der Waals surface area contributed by atoms with Crippen molar-refractivity contribution in [3.63, 3.8) is 0 Å². The molecule has 0 aliphatic heterocycles. The van der Waals surface area contributed by atoms with Crippen molar-refractivity contribution in [2.75, 3.05) is 0 Å². The monoisotopic (exact) mass is 247 g/mol. The zero-order chi connectivity index (χ0) is 11.1. The van der Waals surface area contributed by atoms with Crippen LogP contribution in [0.4, 0.5) is 0 Å². The number of hydrogen-bond acceptors (Lipinski definition) is 2. The summed E-state index contributed by atoms with van der Waals surface area (Å²) < 4.78 is 0. The average Bonchev–Trinajstić information content (AvgIpc) is 2.36. The van der Waals surface area contributed by atoms with Gasteiger partial charge in [0.05, 0.1) is 0 Å². The Morgan fingerprint density at radius 2 is 1.12 bits per heavy atom. The fourth-order valence-corrected chi connectivity index (χ4v) is 2.08. The van der Waals surface area contributed by atoms with Gasteiger partial charge in [0.1, 0.15) is 0 Å². The maximum atomic E-state index is 11.8. The summed E-state index contributed by atoms with van der Waals surface area (Å²) in [6.45, 7) is 0. The van der Waals surface area contributed by atoms with E-state index in [0.29, 0.717) is 11.1 Å². The maximum absolute atomic E-state index is 11.8. The topological polar surface area (TPSA) is 40.1 Å². The molecule has 0 aromatic heterocycles. The summed E-state index contributed by atoms with van der Waals surface area (Å²) in [6.07, 6.45) is -0.408. The van der Waals surface area contributed by atoms with Gasteiger partial charge in [0.2, 0.25) is 0 Å². The fraction of sp³-hybridized carbons (Fsp3) is 0. The van der Waals surface area contributed by atoms with E-state index in [1.807, 2.05) is 24.3 Å². The summed E-state index contributed by atoms with van der Waals surface area (Å²) in [7, 11) is 0. The van der Waals surface area contributed by atoms with E-state index in [1.54, 1.807) is 24.3 Å². The Balaban J connectivity index is 0.00000108. The van der Waals surface area contributed by atoms with Gasteiger partial charge in [-0.25, -0.2) is 0 Å². The molecular weight excluding hydrogens is 239 g/mol. The summed E-state index contributed by atoms with van der Waals surface area (Å²) in [5.74, 6) is -0.408. The van der Waals surface area contributed by atoms with Gasteiger partial charge in [0, 0.05) is 5.56 Å². The molecule has 3 heteroatoms. The van der Waals surface area contributed by atoms with Gasteiger partial charge in [-0.3, -0.25) is 4.79 Å². The Morgan fingerprint density at radius 3 is 1.71 bits per heavy atom. The Hall–Kier alpha value is -0.294. The summed E-state index contributed by atoms with van der Waals surface area (Å²) >= 11 is 0. The first-order chi connectivity index (χ1) is 7.79. The molecular formula is C14H8KO2. The van der Waals surface area contributed by atoms with Crippen molar-refractivity contribution in [3.05, 3.63) is 65.8 Å². The molecule has 0 heterocycles. The van der Waals surface area contributed by atoms with Crippen LogP contribution in [0.3, 0.4) is 0 Å². The number of fused-ring (bicyclic) bond motifs is 3. The molecule has 0 amide bonds. The van der Waals surface area contributed by atoms with Gasteiger partial charge in [-0.2, -0.15) is 0 Å². The van der Waals surface area contributed by atoms with E-state index in [9.17, 15) is 9.90 Å².